The SMILES string of the molecule is CCC(=O)OC1C(OC2C(C)C(OC3CC(C)(OC)C(O)C(C)O3)C(C)C(=O)OC(CC)C(C)(O)C(O)C(C)C(=O)C(C)CC2(C)O)OC(C)CC1N(C)C.CCCCCCCCCCCCOS(=O)(=O)O.CN1C2CCC1CC(OC(c1ccccc1)c1ccccc1)C2.O=S(=O)(O)O. The molecule has 20 atom stereocenters. The average Bonchev–Trinajstić information content (AvgIpc) is 0.889. The molecule has 0 saturated carbocycles. The lowest BCUT2D eigenvalue weighted by molar-refractivity contribution is -0.319. The number of ether oxygens (including phenoxy) is 8. The molecule has 5 saturated heterocycles. The second-order valence-corrected chi connectivity index (χ2v) is 31.1. The van der Waals surface area contributed by atoms with Crippen LogP contribution in [0, 0.1) is 23.7 Å². The number of ketones is 1. The van der Waals surface area contributed by atoms with Gasteiger partial charge in [-0.2, -0.15) is 16.8 Å². The van der Waals surface area contributed by atoms with Gasteiger partial charge in [0.25, 0.3) is 0 Å². The molecule has 0 aliphatic carbocycles. The number of benzene rings is 2. The van der Waals surface area contributed by atoms with Crippen molar-refractivity contribution in [3.8, 4) is 0 Å². The van der Waals surface area contributed by atoms with Gasteiger partial charge >= 0.3 is 32.7 Å². The molecular weight excluding hydrogens is 1340 g/mol. The number of aliphatic hydroxyl groups excluding tert-OH is 2. The predicted octanol–water partition coefficient (Wildman–Crippen LogP) is 10.2. The number of piperidine rings is 1. The zero-order valence-electron chi connectivity index (χ0n) is 62.3. The first-order chi connectivity index (χ1) is 46.7. The number of cyclic esters (lactones) is 1. The minimum absolute atomic E-state index is 0.0465. The summed E-state index contributed by atoms with van der Waals surface area (Å²) in [6.45, 7) is 20.3. The van der Waals surface area contributed by atoms with Crippen molar-refractivity contribution >= 4 is 38.5 Å². The molecule has 0 aromatic heterocycles. The van der Waals surface area contributed by atoms with Crippen molar-refractivity contribution in [2.75, 3.05) is 34.9 Å². The number of aliphatic hydroxyl groups is 4. The first-order valence-corrected chi connectivity index (χ1v) is 38.9. The monoisotopic (exact) mass is 1460 g/mol. The van der Waals surface area contributed by atoms with E-state index in [9.17, 15) is 43.2 Å². The third-order valence-corrected chi connectivity index (χ3v) is 21.1. The molecule has 5 aliphatic rings. The molecule has 7 N–H and O–H groups in total. The maximum atomic E-state index is 14.2. The Bertz CT molecular complexity index is 2890. The van der Waals surface area contributed by atoms with Crippen LogP contribution in [0.1, 0.15) is 222 Å². The average molecular weight is 1460 g/mol. The lowest BCUT2D eigenvalue weighted by Crippen LogP contribution is -2.61. The number of carbonyl (C=O) groups excluding carboxylic acids is 3. The zero-order chi connectivity index (χ0) is 75.1. The summed E-state index contributed by atoms with van der Waals surface area (Å²) in [5.41, 5.74) is -2.41. The number of unbranched alkanes of at least 4 members (excludes halogenated alkanes) is 9. The normalized spacial score (nSPS) is 34.7. The molecule has 20 unspecified atom stereocenters. The first kappa shape index (κ1) is 88.7. The van der Waals surface area contributed by atoms with E-state index >= 15 is 0 Å². The summed E-state index contributed by atoms with van der Waals surface area (Å²) in [6.07, 6.45) is 7.60. The molecule has 5 fully saturated rings. The quantitative estimate of drug-likeness (QED) is 0.0276. The Morgan fingerprint density at radius 1 is 0.710 bits per heavy atom. The summed E-state index contributed by atoms with van der Waals surface area (Å²) in [5, 5.41) is 46.6. The van der Waals surface area contributed by atoms with Crippen LogP contribution in [-0.2, 0) is 77.3 Å². The van der Waals surface area contributed by atoms with Gasteiger partial charge in [-0.05, 0) is 125 Å². The fraction of sp³-hybridized carbons (Fsp3) is 0.795. The van der Waals surface area contributed by atoms with Crippen molar-refractivity contribution in [2.24, 2.45) is 23.7 Å². The number of methoxy groups -OCH3 is 1. The molecule has 7 rings (SSSR count). The molecule has 25 nitrogen and oxygen atoms in total. The molecule has 27 heteroatoms. The van der Waals surface area contributed by atoms with E-state index in [0.717, 1.165) is 12.8 Å². The second kappa shape index (κ2) is 41.3. The Morgan fingerprint density at radius 2 is 1.23 bits per heavy atom. The minimum atomic E-state index is -4.67. The maximum absolute atomic E-state index is 14.2. The van der Waals surface area contributed by atoms with Gasteiger partial charge in [-0.15, -0.1) is 0 Å². The summed E-state index contributed by atoms with van der Waals surface area (Å²) >= 11 is 0. The highest BCUT2D eigenvalue weighted by molar-refractivity contribution is 7.80. The first-order valence-electron chi connectivity index (χ1n) is 36.1. The number of rotatable bonds is 25. The summed E-state index contributed by atoms with van der Waals surface area (Å²) in [7, 11) is -1.41. The second-order valence-electron chi connectivity index (χ2n) is 29.2. The van der Waals surface area contributed by atoms with Gasteiger partial charge in [-0.25, -0.2) is 4.18 Å². The van der Waals surface area contributed by atoms with Crippen LogP contribution in [0.15, 0.2) is 60.7 Å². The fourth-order valence-electron chi connectivity index (χ4n) is 14.8. The van der Waals surface area contributed by atoms with Crippen molar-refractivity contribution in [1.82, 2.24) is 9.80 Å². The van der Waals surface area contributed by atoms with Gasteiger partial charge in [0.2, 0.25) is 0 Å². The van der Waals surface area contributed by atoms with Gasteiger partial charge in [0.05, 0.1) is 66.4 Å². The topological polar surface area (TPSA) is 351 Å². The predicted molar refractivity (Wildman–Crippen MR) is 377 cm³/mol. The molecule has 0 spiro atoms. The van der Waals surface area contributed by atoms with E-state index in [1.165, 1.54) is 110 Å². The van der Waals surface area contributed by atoms with Gasteiger partial charge in [0.15, 0.2) is 18.7 Å². The maximum Gasteiger partial charge on any atom is 0.397 e. The number of Topliss-reactive ketones (excluding diaryl/α,β-unsaturated/α-hetero) is 1. The van der Waals surface area contributed by atoms with Crippen molar-refractivity contribution in [3.63, 3.8) is 0 Å². The molecule has 5 aliphatic heterocycles. The Labute approximate surface area is 596 Å². The summed E-state index contributed by atoms with van der Waals surface area (Å²) in [5.74, 6) is -5.59. The highest BCUT2D eigenvalue weighted by Crippen LogP contribution is 2.43. The van der Waals surface area contributed by atoms with E-state index in [4.69, 9.17) is 60.0 Å². The molecule has 2 bridgehead atoms. The van der Waals surface area contributed by atoms with Crippen LogP contribution in [0.25, 0.3) is 0 Å². The molecular formula is C73H124N2O23S2. The van der Waals surface area contributed by atoms with E-state index in [2.05, 4.69) is 83.7 Å². The minimum Gasteiger partial charge on any atom is -0.459 e. The molecule has 0 radical (unpaired) electrons. The van der Waals surface area contributed by atoms with E-state index in [0.29, 0.717) is 31.0 Å². The van der Waals surface area contributed by atoms with E-state index in [1.807, 2.05) is 25.9 Å². The van der Waals surface area contributed by atoms with Crippen LogP contribution >= 0.6 is 0 Å². The smallest absolute Gasteiger partial charge is 0.397 e. The van der Waals surface area contributed by atoms with E-state index in [-0.39, 0.29) is 50.5 Å². The van der Waals surface area contributed by atoms with E-state index < -0.39 is 134 Å². The Morgan fingerprint density at radius 3 is 1.71 bits per heavy atom. The summed E-state index contributed by atoms with van der Waals surface area (Å²) in [6, 6.07) is 22.4. The molecule has 100 heavy (non-hydrogen) atoms. The van der Waals surface area contributed by atoms with Crippen LogP contribution in [0.5, 0.6) is 0 Å². The van der Waals surface area contributed by atoms with Crippen molar-refractivity contribution < 1.29 is 107 Å². The molecule has 2 aromatic carbocycles. The molecule has 0 amide bonds. The highest BCUT2D eigenvalue weighted by Gasteiger charge is 2.54. The van der Waals surface area contributed by atoms with Crippen LogP contribution in [0.2, 0.25) is 0 Å². The zero-order valence-corrected chi connectivity index (χ0v) is 63.9. The third-order valence-electron chi connectivity index (χ3n) is 20.7. The summed E-state index contributed by atoms with van der Waals surface area (Å²) in [4.78, 5) is 45.4. The molecule has 576 valence electrons. The van der Waals surface area contributed by atoms with Gasteiger partial charge in [-0.3, -0.25) is 28.0 Å². The Kier molecular flexibility index (Phi) is 36.6. The number of esters is 2. The van der Waals surface area contributed by atoms with Gasteiger partial charge in [-0.1, -0.05) is 160 Å². The summed E-state index contributed by atoms with van der Waals surface area (Å²) < 4.78 is 115. The molecule has 5 heterocycles. The highest BCUT2D eigenvalue weighted by atomic mass is 32.3. The standard InChI is InChI=1S/C40H71NO14.C21H25NO.C12H26O4S.H2O4S/c1-15-27-40(11,48)33(44)22(5)30(43)20(3)18-38(9,47)35(55-37-32(53-28(42)16-2)26(41(12)13)17-21(4)50-37)23(6)31(24(7)36(46)52-27)54-29-19-39(10,49-14)34(45)25(8)51-29;1-22-18-12-13-19(22)15-20(14-18)23-21(16-8-4-2-5-9-16)17-10-6-3-7-11-17;1-2-3-4-5-6-7-8-9-10-11-12-16-17(13,14)15;1-5(2,3)4/h20-27,29,31-35,37,44-45,47-48H,15-19H2,1-14H3;2-11,18-21H,12-15H2,1H3;2-12H2,1H3,(H,13,14,15);(H2,1,2,3,4). The lowest BCUT2D eigenvalue weighted by atomic mass is 9.74. The fourth-order valence-corrected chi connectivity index (χ4v) is 15.1. The number of hydrogen-bond donors (Lipinski definition) is 7. The van der Waals surface area contributed by atoms with Crippen LogP contribution in [-0.4, -0.2) is 216 Å². The van der Waals surface area contributed by atoms with Gasteiger partial charge < -0.3 is 68.1 Å². The third kappa shape index (κ3) is 27.7. The van der Waals surface area contributed by atoms with Crippen LogP contribution in [0.3, 0.4) is 0 Å². The van der Waals surface area contributed by atoms with Crippen molar-refractivity contribution in [1.29, 1.82) is 0 Å². The van der Waals surface area contributed by atoms with Crippen LogP contribution < -0.4 is 0 Å². The van der Waals surface area contributed by atoms with Gasteiger partial charge in [0, 0.05) is 49.8 Å². The molecule has 2 aromatic rings. The number of carbonyl (C=O) groups is 3. The number of nitrogens with zero attached hydrogens (tertiary/aromatic N) is 2. The number of fused-ring (bicyclic) bond motifs is 2. The van der Waals surface area contributed by atoms with E-state index in [1.54, 1.807) is 48.5 Å². The Balaban J connectivity index is 0.000000379. The van der Waals surface area contributed by atoms with Gasteiger partial charge in [0.1, 0.15) is 29.7 Å². The van der Waals surface area contributed by atoms with Crippen molar-refractivity contribution in [2.45, 2.75) is 314 Å². The largest absolute Gasteiger partial charge is 0.459 e. The lowest BCUT2D eigenvalue weighted by Gasteiger charge is -2.49. The number of likely N-dealkylation sites (N-methyl/N-ethyl adjacent to an activating group) is 1. The van der Waals surface area contributed by atoms with Crippen LogP contribution in [0.4, 0.5) is 0 Å². The Hall–Kier alpha value is -3.69. The number of hydrogen-bond acceptors (Lipinski definition) is 22. The van der Waals surface area contributed by atoms with Crippen molar-refractivity contribution in [3.05, 3.63) is 71.8 Å².